The molecule has 0 fully saturated rings. The second-order valence-corrected chi connectivity index (χ2v) is 6.39. The first kappa shape index (κ1) is 18.3. The molecule has 0 aliphatic rings. The molecule has 0 bridgehead atoms. The fraction of sp³-hybridized carbons (Fsp3) is 0.316. The molecule has 1 amide bonds. The van der Waals surface area contributed by atoms with Crippen LogP contribution in [0.2, 0.25) is 0 Å². The van der Waals surface area contributed by atoms with Crippen molar-refractivity contribution in [3.05, 3.63) is 52.5 Å². The number of hydrogen-bond acceptors (Lipinski definition) is 3. The maximum Gasteiger partial charge on any atom is 0.262 e. The van der Waals surface area contributed by atoms with Crippen molar-refractivity contribution in [2.45, 2.75) is 26.7 Å². The molecule has 2 aromatic carbocycles. The molecule has 5 heteroatoms. The van der Waals surface area contributed by atoms with E-state index in [0.29, 0.717) is 12.4 Å². The second-order valence-electron chi connectivity index (χ2n) is 5.47. The summed E-state index contributed by atoms with van der Waals surface area (Å²) in [6, 6.07) is 13.0. The van der Waals surface area contributed by atoms with Crippen LogP contribution in [0.5, 0.6) is 11.5 Å². The van der Waals surface area contributed by atoms with E-state index in [1.165, 1.54) is 0 Å². The molecule has 1 N–H and O–H groups in total. The molecule has 0 unspecified atom stereocenters. The monoisotopic (exact) mass is 391 g/mol. The van der Waals surface area contributed by atoms with Crippen LogP contribution < -0.4 is 14.8 Å². The smallest absolute Gasteiger partial charge is 0.262 e. The molecule has 0 aromatic heterocycles. The topological polar surface area (TPSA) is 47.6 Å². The number of carbonyl (C=O) groups excluding carboxylic acids is 1. The van der Waals surface area contributed by atoms with Crippen LogP contribution in [0, 0.1) is 6.92 Å². The van der Waals surface area contributed by atoms with Gasteiger partial charge in [-0.25, -0.2) is 0 Å². The predicted molar refractivity (Wildman–Crippen MR) is 99.8 cm³/mol. The minimum Gasteiger partial charge on any atom is -0.494 e. The molecule has 0 aliphatic heterocycles. The third-order valence-corrected chi connectivity index (χ3v) is 3.89. The molecule has 0 spiro atoms. The lowest BCUT2D eigenvalue weighted by molar-refractivity contribution is -0.118. The molecule has 24 heavy (non-hydrogen) atoms. The van der Waals surface area contributed by atoms with Gasteiger partial charge in [0.2, 0.25) is 0 Å². The fourth-order valence-electron chi connectivity index (χ4n) is 2.08. The summed E-state index contributed by atoms with van der Waals surface area (Å²) in [6.07, 6.45) is 2.14. The maximum atomic E-state index is 12.0. The maximum absolute atomic E-state index is 12.0. The Morgan fingerprint density at radius 1 is 1.12 bits per heavy atom. The molecule has 2 rings (SSSR count). The van der Waals surface area contributed by atoms with Crippen LogP contribution >= 0.6 is 15.9 Å². The average Bonchev–Trinajstić information content (AvgIpc) is 2.56. The zero-order valence-corrected chi connectivity index (χ0v) is 15.6. The highest BCUT2D eigenvalue weighted by atomic mass is 79.9. The van der Waals surface area contributed by atoms with Gasteiger partial charge in [0.15, 0.2) is 6.61 Å². The van der Waals surface area contributed by atoms with Crippen molar-refractivity contribution >= 4 is 27.5 Å². The van der Waals surface area contributed by atoms with Gasteiger partial charge >= 0.3 is 0 Å². The van der Waals surface area contributed by atoms with E-state index in [1.54, 1.807) is 0 Å². The van der Waals surface area contributed by atoms with Crippen molar-refractivity contribution in [1.29, 1.82) is 0 Å². The van der Waals surface area contributed by atoms with Crippen molar-refractivity contribution in [2.24, 2.45) is 0 Å². The SMILES string of the molecule is CCCCOc1ccc(NC(=O)COc2ccc(Br)cc2C)cc1. The summed E-state index contributed by atoms with van der Waals surface area (Å²) in [6.45, 7) is 4.74. The van der Waals surface area contributed by atoms with E-state index in [9.17, 15) is 4.79 Å². The lowest BCUT2D eigenvalue weighted by atomic mass is 10.2. The highest BCUT2D eigenvalue weighted by Crippen LogP contribution is 2.22. The summed E-state index contributed by atoms with van der Waals surface area (Å²) >= 11 is 3.40. The number of amides is 1. The number of unbranched alkanes of at least 4 members (excludes halogenated alkanes) is 1. The van der Waals surface area contributed by atoms with E-state index in [2.05, 4.69) is 28.2 Å². The summed E-state index contributed by atoms with van der Waals surface area (Å²) in [5.41, 5.74) is 1.70. The molecule has 4 nitrogen and oxygen atoms in total. The third kappa shape index (κ3) is 5.89. The number of halogens is 1. The van der Waals surface area contributed by atoms with Crippen LogP contribution in [0.3, 0.4) is 0 Å². The van der Waals surface area contributed by atoms with E-state index in [0.717, 1.165) is 34.3 Å². The Kier molecular flexibility index (Phi) is 7.12. The van der Waals surface area contributed by atoms with E-state index >= 15 is 0 Å². The molecule has 0 heterocycles. The molecule has 0 radical (unpaired) electrons. The number of hydrogen-bond donors (Lipinski definition) is 1. The van der Waals surface area contributed by atoms with E-state index in [-0.39, 0.29) is 12.5 Å². The minimum atomic E-state index is -0.197. The number of aryl methyl sites for hydroxylation is 1. The van der Waals surface area contributed by atoms with Gasteiger partial charge in [-0.3, -0.25) is 4.79 Å². The second kappa shape index (κ2) is 9.33. The van der Waals surface area contributed by atoms with Crippen LogP contribution in [-0.4, -0.2) is 19.1 Å². The molecule has 128 valence electrons. The molecule has 0 saturated heterocycles. The number of anilines is 1. The van der Waals surface area contributed by atoms with Crippen LogP contribution in [0.4, 0.5) is 5.69 Å². The van der Waals surface area contributed by atoms with E-state index in [1.807, 2.05) is 49.4 Å². The Labute approximate surface area is 151 Å². The summed E-state index contributed by atoms with van der Waals surface area (Å²) < 4.78 is 12.1. The van der Waals surface area contributed by atoms with Crippen LogP contribution in [0.15, 0.2) is 46.9 Å². The van der Waals surface area contributed by atoms with Crippen molar-refractivity contribution < 1.29 is 14.3 Å². The van der Waals surface area contributed by atoms with Gasteiger partial charge < -0.3 is 14.8 Å². The molecular weight excluding hydrogens is 370 g/mol. The number of ether oxygens (including phenoxy) is 2. The summed E-state index contributed by atoms with van der Waals surface area (Å²) in [5.74, 6) is 1.31. The fourth-order valence-corrected chi connectivity index (χ4v) is 2.56. The average molecular weight is 392 g/mol. The Balaban J connectivity index is 1.81. The highest BCUT2D eigenvalue weighted by Gasteiger charge is 2.06. The molecule has 0 atom stereocenters. The molecule has 0 aliphatic carbocycles. The number of carbonyl (C=O) groups is 1. The van der Waals surface area contributed by atoms with Gasteiger partial charge in [-0.1, -0.05) is 29.3 Å². The van der Waals surface area contributed by atoms with Crippen molar-refractivity contribution in [2.75, 3.05) is 18.5 Å². The number of rotatable bonds is 8. The lowest BCUT2D eigenvalue weighted by Crippen LogP contribution is -2.20. The van der Waals surface area contributed by atoms with Crippen molar-refractivity contribution in [3.8, 4) is 11.5 Å². The van der Waals surface area contributed by atoms with Crippen LogP contribution in [0.25, 0.3) is 0 Å². The number of benzene rings is 2. The Bertz CT molecular complexity index is 671. The standard InChI is InChI=1S/C19H22BrNO3/c1-3-4-11-23-17-8-6-16(7-9-17)21-19(22)13-24-18-10-5-15(20)12-14(18)2/h5-10,12H,3-4,11,13H2,1-2H3,(H,21,22). The molecule has 0 saturated carbocycles. The highest BCUT2D eigenvalue weighted by molar-refractivity contribution is 9.10. The van der Waals surface area contributed by atoms with Crippen molar-refractivity contribution in [1.82, 2.24) is 0 Å². The number of nitrogens with one attached hydrogen (secondary N) is 1. The third-order valence-electron chi connectivity index (χ3n) is 3.40. The minimum absolute atomic E-state index is 0.0305. The first-order valence-electron chi connectivity index (χ1n) is 8.00. The Hall–Kier alpha value is -2.01. The van der Waals surface area contributed by atoms with Gasteiger partial charge in [-0.05, 0) is 61.4 Å². The zero-order chi connectivity index (χ0) is 17.4. The predicted octanol–water partition coefficient (Wildman–Crippen LogP) is 4.95. The van der Waals surface area contributed by atoms with Gasteiger partial charge in [0.05, 0.1) is 6.61 Å². The van der Waals surface area contributed by atoms with Crippen molar-refractivity contribution in [3.63, 3.8) is 0 Å². The van der Waals surface area contributed by atoms with Crippen LogP contribution in [-0.2, 0) is 4.79 Å². The largest absolute Gasteiger partial charge is 0.494 e. The van der Waals surface area contributed by atoms with Crippen LogP contribution in [0.1, 0.15) is 25.3 Å². The van der Waals surface area contributed by atoms with Gasteiger partial charge in [-0.15, -0.1) is 0 Å². The molecule has 2 aromatic rings. The summed E-state index contributed by atoms with van der Waals surface area (Å²) in [5, 5.41) is 2.81. The van der Waals surface area contributed by atoms with Gasteiger partial charge in [0.25, 0.3) is 5.91 Å². The lowest BCUT2D eigenvalue weighted by Gasteiger charge is -2.10. The summed E-state index contributed by atoms with van der Waals surface area (Å²) in [7, 11) is 0. The van der Waals surface area contributed by atoms with Gasteiger partial charge in [-0.2, -0.15) is 0 Å². The van der Waals surface area contributed by atoms with E-state index in [4.69, 9.17) is 9.47 Å². The Morgan fingerprint density at radius 3 is 2.54 bits per heavy atom. The Morgan fingerprint density at radius 2 is 1.88 bits per heavy atom. The first-order valence-corrected chi connectivity index (χ1v) is 8.79. The first-order chi connectivity index (χ1) is 11.6. The van der Waals surface area contributed by atoms with Gasteiger partial charge in [0, 0.05) is 10.2 Å². The van der Waals surface area contributed by atoms with Gasteiger partial charge in [0.1, 0.15) is 11.5 Å². The quantitative estimate of drug-likeness (QED) is 0.647. The summed E-state index contributed by atoms with van der Waals surface area (Å²) in [4.78, 5) is 12.0. The van der Waals surface area contributed by atoms with E-state index < -0.39 is 0 Å². The normalized spacial score (nSPS) is 10.3. The zero-order valence-electron chi connectivity index (χ0n) is 14.0. The molecular formula is C19H22BrNO3.